The summed E-state index contributed by atoms with van der Waals surface area (Å²) in [6.07, 6.45) is 1.85. The minimum atomic E-state index is 0.674. The molecule has 0 aliphatic heterocycles. The molecule has 0 saturated heterocycles. The Morgan fingerprint density at radius 2 is 2.10 bits per heavy atom. The average Bonchev–Trinajstić information content (AvgIpc) is 2.74. The fourth-order valence-corrected chi connectivity index (χ4v) is 2.34. The van der Waals surface area contributed by atoms with Crippen LogP contribution in [0.15, 0.2) is 36.5 Å². The lowest BCUT2D eigenvalue weighted by molar-refractivity contribution is 0.777. The first-order chi connectivity index (χ1) is 9.67. The molecule has 0 amide bonds. The average molecular weight is 262 g/mol. The SMILES string of the molecule is Cc1cnc2c(c1)nc(C)n2Cc1cccc(C#N)c1. The van der Waals surface area contributed by atoms with Crippen molar-refractivity contribution in [1.82, 2.24) is 14.5 Å². The molecule has 0 spiro atoms. The molecule has 0 aliphatic rings. The van der Waals surface area contributed by atoms with E-state index in [9.17, 15) is 0 Å². The fraction of sp³-hybridized carbons (Fsp3) is 0.188. The number of pyridine rings is 1. The number of fused-ring (bicyclic) bond motifs is 1. The summed E-state index contributed by atoms with van der Waals surface area (Å²) in [5.74, 6) is 0.931. The molecule has 1 aromatic carbocycles. The van der Waals surface area contributed by atoms with Gasteiger partial charge in [0, 0.05) is 6.20 Å². The first-order valence-electron chi connectivity index (χ1n) is 6.46. The summed E-state index contributed by atoms with van der Waals surface area (Å²) in [7, 11) is 0. The van der Waals surface area contributed by atoms with E-state index in [0.717, 1.165) is 28.1 Å². The molecule has 3 aromatic rings. The summed E-state index contributed by atoms with van der Waals surface area (Å²) in [6, 6.07) is 11.8. The predicted molar refractivity (Wildman–Crippen MR) is 77.3 cm³/mol. The van der Waals surface area contributed by atoms with Crippen LogP contribution in [-0.2, 0) is 6.54 Å². The lowest BCUT2D eigenvalue weighted by atomic mass is 10.1. The molecule has 0 atom stereocenters. The van der Waals surface area contributed by atoms with Gasteiger partial charge in [-0.25, -0.2) is 9.97 Å². The number of rotatable bonds is 2. The van der Waals surface area contributed by atoms with E-state index in [-0.39, 0.29) is 0 Å². The molecule has 98 valence electrons. The molecule has 0 radical (unpaired) electrons. The van der Waals surface area contributed by atoms with Gasteiger partial charge in [-0.15, -0.1) is 0 Å². The third kappa shape index (κ3) is 2.14. The van der Waals surface area contributed by atoms with Crippen LogP contribution in [-0.4, -0.2) is 14.5 Å². The number of aromatic nitrogens is 3. The molecule has 4 heteroatoms. The Morgan fingerprint density at radius 1 is 1.25 bits per heavy atom. The molecule has 0 N–H and O–H groups in total. The maximum absolute atomic E-state index is 8.96. The number of benzene rings is 1. The maximum atomic E-state index is 8.96. The number of hydrogen-bond donors (Lipinski definition) is 0. The van der Waals surface area contributed by atoms with Crippen molar-refractivity contribution in [3.8, 4) is 6.07 Å². The highest BCUT2D eigenvalue weighted by Crippen LogP contribution is 2.17. The largest absolute Gasteiger partial charge is 0.308 e. The molecule has 4 nitrogen and oxygen atoms in total. The number of aryl methyl sites for hydroxylation is 2. The monoisotopic (exact) mass is 262 g/mol. The van der Waals surface area contributed by atoms with Crippen LogP contribution in [0.5, 0.6) is 0 Å². The van der Waals surface area contributed by atoms with Crippen molar-refractivity contribution < 1.29 is 0 Å². The summed E-state index contributed by atoms with van der Waals surface area (Å²) < 4.78 is 2.07. The quantitative estimate of drug-likeness (QED) is 0.713. The van der Waals surface area contributed by atoms with Gasteiger partial charge in [0.1, 0.15) is 11.3 Å². The summed E-state index contributed by atoms with van der Waals surface area (Å²) >= 11 is 0. The normalized spacial score (nSPS) is 10.7. The highest BCUT2D eigenvalue weighted by Gasteiger charge is 2.09. The number of hydrogen-bond acceptors (Lipinski definition) is 3. The van der Waals surface area contributed by atoms with Crippen molar-refractivity contribution >= 4 is 11.2 Å². The molecule has 0 aliphatic carbocycles. The van der Waals surface area contributed by atoms with Crippen LogP contribution < -0.4 is 0 Å². The number of imidazole rings is 1. The highest BCUT2D eigenvalue weighted by molar-refractivity contribution is 5.72. The molecule has 20 heavy (non-hydrogen) atoms. The van der Waals surface area contributed by atoms with Gasteiger partial charge in [-0.2, -0.15) is 5.26 Å². The van der Waals surface area contributed by atoms with Crippen molar-refractivity contribution in [2.75, 3.05) is 0 Å². The van der Waals surface area contributed by atoms with Crippen LogP contribution in [0.1, 0.15) is 22.5 Å². The second-order valence-corrected chi connectivity index (χ2v) is 4.91. The van der Waals surface area contributed by atoms with E-state index in [1.165, 1.54) is 0 Å². The van der Waals surface area contributed by atoms with E-state index >= 15 is 0 Å². The predicted octanol–water partition coefficient (Wildman–Crippen LogP) is 2.97. The first kappa shape index (κ1) is 12.4. The van der Waals surface area contributed by atoms with Gasteiger partial charge < -0.3 is 4.57 Å². The molecule has 2 aromatic heterocycles. The van der Waals surface area contributed by atoms with E-state index in [1.807, 2.05) is 50.4 Å². The lowest BCUT2D eigenvalue weighted by Crippen LogP contribution is -2.03. The topological polar surface area (TPSA) is 54.5 Å². The van der Waals surface area contributed by atoms with Gasteiger partial charge >= 0.3 is 0 Å². The Balaban J connectivity index is 2.06. The Labute approximate surface area is 117 Å². The minimum Gasteiger partial charge on any atom is -0.308 e. The Hall–Kier alpha value is -2.67. The van der Waals surface area contributed by atoms with Crippen molar-refractivity contribution in [2.45, 2.75) is 20.4 Å². The van der Waals surface area contributed by atoms with Gasteiger partial charge in [-0.05, 0) is 43.2 Å². The molecular formula is C16H14N4. The van der Waals surface area contributed by atoms with Crippen LogP contribution in [0, 0.1) is 25.2 Å². The standard InChI is InChI=1S/C16H14N4/c1-11-6-15-16(18-9-11)20(12(2)19-15)10-14-5-3-4-13(7-14)8-17/h3-7,9H,10H2,1-2H3. The van der Waals surface area contributed by atoms with Crippen LogP contribution in [0.25, 0.3) is 11.2 Å². The molecular weight excluding hydrogens is 248 g/mol. The van der Waals surface area contributed by atoms with Crippen LogP contribution in [0.4, 0.5) is 0 Å². The molecule has 2 heterocycles. The molecule has 0 bridgehead atoms. The van der Waals surface area contributed by atoms with Crippen LogP contribution in [0.2, 0.25) is 0 Å². The molecule has 3 rings (SSSR count). The number of nitrogens with zero attached hydrogens (tertiary/aromatic N) is 4. The summed E-state index contributed by atoms with van der Waals surface area (Å²) in [5.41, 5.74) is 4.66. The van der Waals surface area contributed by atoms with Gasteiger partial charge in [-0.1, -0.05) is 12.1 Å². The van der Waals surface area contributed by atoms with Crippen molar-refractivity contribution in [3.63, 3.8) is 0 Å². The van der Waals surface area contributed by atoms with Crippen LogP contribution in [0.3, 0.4) is 0 Å². The van der Waals surface area contributed by atoms with Crippen molar-refractivity contribution in [3.05, 3.63) is 59.0 Å². The van der Waals surface area contributed by atoms with Gasteiger partial charge in [0.2, 0.25) is 0 Å². The zero-order chi connectivity index (χ0) is 14.1. The van der Waals surface area contributed by atoms with E-state index in [0.29, 0.717) is 12.1 Å². The van der Waals surface area contributed by atoms with Gasteiger partial charge in [0.05, 0.1) is 18.2 Å². The highest BCUT2D eigenvalue weighted by atomic mass is 15.1. The summed E-state index contributed by atoms with van der Waals surface area (Å²) in [6.45, 7) is 4.66. The van der Waals surface area contributed by atoms with E-state index in [4.69, 9.17) is 5.26 Å². The fourth-order valence-electron chi connectivity index (χ4n) is 2.34. The molecule has 0 saturated carbocycles. The van der Waals surface area contributed by atoms with E-state index < -0.39 is 0 Å². The Bertz CT molecular complexity index is 824. The van der Waals surface area contributed by atoms with Gasteiger partial charge in [0.25, 0.3) is 0 Å². The van der Waals surface area contributed by atoms with E-state index in [2.05, 4.69) is 20.6 Å². The zero-order valence-corrected chi connectivity index (χ0v) is 11.5. The summed E-state index contributed by atoms with van der Waals surface area (Å²) in [5, 5.41) is 8.96. The van der Waals surface area contributed by atoms with Crippen molar-refractivity contribution in [2.24, 2.45) is 0 Å². The van der Waals surface area contributed by atoms with Crippen LogP contribution >= 0.6 is 0 Å². The maximum Gasteiger partial charge on any atom is 0.160 e. The Kier molecular flexibility index (Phi) is 2.96. The van der Waals surface area contributed by atoms with E-state index in [1.54, 1.807) is 0 Å². The lowest BCUT2D eigenvalue weighted by Gasteiger charge is -2.06. The molecule has 0 fully saturated rings. The Morgan fingerprint density at radius 3 is 2.90 bits per heavy atom. The molecule has 0 unspecified atom stereocenters. The third-order valence-corrected chi connectivity index (χ3v) is 3.31. The third-order valence-electron chi connectivity index (χ3n) is 3.31. The zero-order valence-electron chi connectivity index (χ0n) is 11.5. The second-order valence-electron chi connectivity index (χ2n) is 4.91. The summed E-state index contributed by atoms with van der Waals surface area (Å²) in [4.78, 5) is 9.02. The van der Waals surface area contributed by atoms with Gasteiger partial charge in [0.15, 0.2) is 5.65 Å². The second kappa shape index (κ2) is 4.78. The van der Waals surface area contributed by atoms with Crippen molar-refractivity contribution in [1.29, 1.82) is 5.26 Å². The minimum absolute atomic E-state index is 0.674. The van der Waals surface area contributed by atoms with Gasteiger partial charge in [-0.3, -0.25) is 0 Å². The number of nitriles is 1. The first-order valence-corrected chi connectivity index (χ1v) is 6.46. The smallest absolute Gasteiger partial charge is 0.160 e.